The summed E-state index contributed by atoms with van der Waals surface area (Å²) in [7, 11) is 0. The minimum Gasteiger partial charge on any atom is -0.550 e. The molecule has 6 nitrogen and oxygen atoms in total. The summed E-state index contributed by atoms with van der Waals surface area (Å²) in [5, 5.41) is 12.4. The molecule has 2 aromatic rings. The number of quaternary nitrogens is 1. The molecule has 1 aromatic heterocycles. The highest BCUT2D eigenvalue weighted by atomic mass is 16.5. The van der Waals surface area contributed by atoms with Crippen molar-refractivity contribution in [3.8, 4) is 0 Å². The number of aliphatic carboxylic acids is 1. The minimum absolute atomic E-state index is 0.109. The predicted octanol–water partition coefficient (Wildman–Crippen LogP) is -0.405. The standard InChI is InChI=1S/C16H17NO5/c18-15(19)9-14(17-10-13-7-4-8-21-13)16(20)22-11-12-5-2-1-3-6-12/h1-8,14,17H,9-11H2,(H,18,19)/t14-/m1/s1. The maximum absolute atomic E-state index is 12.0. The Kier molecular flexibility index (Phi) is 5.73. The molecule has 0 fully saturated rings. The van der Waals surface area contributed by atoms with E-state index >= 15 is 0 Å². The minimum atomic E-state index is -1.29. The maximum atomic E-state index is 12.0. The zero-order valence-electron chi connectivity index (χ0n) is 11.9. The van der Waals surface area contributed by atoms with Gasteiger partial charge in [-0.2, -0.15) is 0 Å². The van der Waals surface area contributed by atoms with Gasteiger partial charge in [0.2, 0.25) is 0 Å². The van der Waals surface area contributed by atoms with Crippen LogP contribution in [0.4, 0.5) is 0 Å². The van der Waals surface area contributed by atoms with Crippen molar-refractivity contribution >= 4 is 11.9 Å². The van der Waals surface area contributed by atoms with Crippen molar-refractivity contribution < 1.29 is 29.2 Å². The van der Waals surface area contributed by atoms with Gasteiger partial charge in [0.05, 0.1) is 12.7 Å². The van der Waals surface area contributed by atoms with Crippen LogP contribution in [0.5, 0.6) is 0 Å². The molecule has 0 saturated carbocycles. The van der Waals surface area contributed by atoms with E-state index in [0.717, 1.165) is 5.56 Å². The van der Waals surface area contributed by atoms with Gasteiger partial charge in [-0.25, -0.2) is 4.79 Å². The van der Waals surface area contributed by atoms with Crippen molar-refractivity contribution in [1.29, 1.82) is 0 Å². The Balaban J connectivity index is 1.89. The molecule has 1 aromatic carbocycles. The number of carboxylic acid groups (broad SMARTS) is 1. The lowest BCUT2D eigenvalue weighted by atomic mass is 10.2. The fourth-order valence-electron chi connectivity index (χ4n) is 1.97. The average molecular weight is 303 g/mol. The summed E-state index contributed by atoms with van der Waals surface area (Å²) in [5.41, 5.74) is 0.842. The average Bonchev–Trinajstić information content (AvgIpc) is 3.03. The van der Waals surface area contributed by atoms with Gasteiger partial charge in [-0.05, 0) is 17.7 Å². The van der Waals surface area contributed by atoms with E-state index in [1.165, 1.54) is 6.26 Å². The molecule has 0 bridgehead atoms. The second-order valence-corrected chi connectivity index (χ2v) is 4.80. The Morgan fingerprint density at radius 3 is 2.59 bits per heavy atom. The van der Waals surface area contributed by atoms with Gasteiger partial charge < -0.3 is 24.4 Å². The maximum Gasteiger partial charge on any atom is 0.365 e. The van der Waals surface area contributed by atoms with Gasteiger partial charge >= 0.3 is 5.97 Å². The van der Waals surface area contributed by atoms with Gasteiger partial charge in [0.1, 0.15) is 13.2 Å². The third-order valence-corrected chi connectivity index (χ3v) is 3.10. The smallest absolute Gasteiger partial charge is 0.365 e. The molecular weight excluding hydrogens is 286 g/mol. The van der Waals surface area contributed by atoms with E-state index in [0.29, 0.717) is 12.3 Å². The first-order chi connectivity index (χ1) is 10.6. The molecule has 22 heavy (non-hydrogen) atoms. The summed E-state index contributed by atoms with van der Waals surface area (Å²) >= 11 is 0. The second-order valence-electron chi connectivity index (χ2n) is 4.80. The topological polar surface area (TPSA) is 96.2 Å². The van der Waals surface area contributed by atoms with Crippen molar-refractivity contribution in [3.05, 3.63) is 60.1 Å². The number of nitrogens with two attached hydrogens (primary N) is 1. The van der Waals surface area contributed by atoms with Crippen LogP contribution in [0.15, 0.2) is 53.1 Å². The number of furan rings is 1. The van der Waals surface area contributed by atoms with Crippen molar-refractivity contribution in [2.45, 2.75) is 25.6 Å². The number of carbonyl (C=O) groups is 2. The van der Waals surface area contributed by atoms with Crippen LogP contribution in [-0.4, -0.2) is 18.0 Å². The fourth-order valence-corrected chi connectivity index (χ4v) is 1.97. The molecule has 0 amide bonds. The first kappa shape index (κ1) is 15.8. The molecule has 1 atom stereocenters. The second kappa shape index (κ2) is 7.99. The molecular formula is C16H17NO5. The molecule has 116 valence electrons. The first-order valence-electron chi connectivity index (χ1n) is 6.91. The zero-order chi connectivity index (χ0) is 15.8. The van der Waals surface area contributed by atoms with Crippen LogP contribution < -0.4 is 10.4 Å². The van der Waals surface area contributed by atoms with Gasteiger partial charge in [0, 0.05) is 5.97 Å². The number of carboxylic acids is 1. The Morgan fingerprint density at radius 1 is 1.18 bits per heavy atom. The van der Waals surface area contributed by atoms with Crippen LogP contribution in [0.25, 0.3) is 0 Å². The van der Waals surface area contributed by atoms with E-state index in [9.17, 15) is 14.7 Å². The molecule has 6 heteroatoms. The van der Waals surface area contributed by atoms with Gasteiger partial charge in [0.25, 0.3) is 0 Å². The van der Waals surface area contributed by atoms with E-state index in [1.807, 2.05) is 30.3 Å². The lowest BCUT2D eigenvalue weighted by Gasteiger charge is -2.14. The highest BCUT2D eigenvalue weighted by Crippen LogP contribution is 2.02. The van der Waals surface area contributed by atoms with Gasteiger partial charge in [0.15, 0.2) is 11.8 Å². The molecule has 0 aliphatic rings. The van der Waals surface area contributed by atoms with E-state index in [4.69, 9.17) is 9.15 Å². The summed E-state index contributed by atoms with van der Waals surface area (Å²) in [6.07, 6.45) is 1.11. The van der Waals surface area contributed by atoms with E-state index in [1.54, 1.807) is 17.4 Å². The van der Waals surface area contributed by atoms with Crippen LogP contribution in [0.3, 0.4) is 0 Å². The molecule has 0 radical (unpaired) electrons. The molecule has 2 N–H and O–H groups in total. The highest BCUT2D eigenvalue weighted by molar-refractivity contribution is 5.79. The van der Waals surface area contributed by atoms with Gasteiger partial charge in [-0.3, -0.25) is 0 Å². The normalized spacial score (nSPS) is 11.8. The van der Waals surface area contributed by atoms with Crippen molar-refractivity contribution in [1.82, 2.24) is 0 Å². The zero-order valence-corrected chi connectivity index (χ0v) is 11.9. The number of ether oxygens (including phenoxy) is 1. The third-order valence-electron chi connectivity index (χ3n) is 3.10. The molecule has 0 aliphatic heterocycles. The van der Waals surface area contributed by atoms with Gasteiger partial charge in [-0.1, -0.05) is 30.3 Å². The summed E-state index contributed by atoms with van der Waals surface area (Å²) < 4.78 is 10.3. The summed E-state index contributed by atoms with van der Waals surface area (Å²) in [5.74, 6) is -1.23. The SMILES string of the molecule is O=C([O-])C[C@@H]([NH2+]Cc1ccco1)C(=O)OCc1ccccc1. The number of hydrogen-bond acceptors (Lipinski definition) is 5. The quantitative estimate of drug-likeness (QED) is 0.669. The van der Waals surface area contributed by atoms with E-state index in [-0.39, 0.29) is 6.61 Å². The van der Waals surface area contributed by atoms with Crippen LogP contribution in [0.2, 0.25) is 0 Å². The lowest BCUT2D eigenvalue weighted by molar-refractivity contribution is -0.694. The van der Waals surface area contributed by atoms with Crippen molar-refractivity contribution in [2.75, 3.05) is 0 Å². The number of hydrogen-bond donors (Lipinski definition) is 1. The first-order valence-corrected chi connectivity index (χ1v) is 6.91. The molecule has 2 rings (SSSR count). The number of rotatable bonds is 8. The summed E-state index contributed by atoms with van der Waals surface area (Å²) in [6.45, 7) is 0.462. The molecule has 0 aliphatic carbocycles. The Morgan fingerprint density at radius 2 is 1.95 bits per heavy atom. The van der Waals surface area contributed by atoms with Gasteiger partial charge in [-0.15, -0.1) is 0 Å². The van der Waals surface area contributed by atoms with Crippen LogP contribution in [0, 0.1) is 0 Å². The van der Waals surface area contributed by atoms with Crippen LogP contribution in [-0.2, 0) is 27.5 Å². The lowest BCUT2D eigenvalue weighted by Crippen LogP contribution is -2.91. The number of carbonyl (C=O) groups excluding carboxylic acids is 2. The highest BCUT2D eigenvalue weighted by Gasteiger charge is 2.24. The monoisotopic (exact) mass is 303 g/mol. The van der Waals surface area contributed by atoms with Crippen molar-refractivity contribution in [2.24, 2.45) is 0 Å². The predicted molar refractivity (Wildman–Crippen MR) is 74.0 cm³/mol. The van der Waals surface area contributed by atoms with E-state index < -0.39 is 24.4 Å². The van der Waals surface area contributed by atoms with Crippen LogP contribution >= 0.6 is 0 Å². The Hall–Kier alpha value is -2.60. The van der Waals surface area contributed by atoms with E-state index in [2.05, 4.69) is 0 Å². The third kappa shape index (κ3) is 5.06. The molecule has 0 spiro atoms. The van der Waals surface area contributed by atoms with Crippen LogP contribution in [0.1, 0.15) is 17.7 Å². The molecule has 0 saturated heterocycles. The summed E-state index contributed by atoms with van der Waals surface area (Å²) in [4.78, 5) is 22.8. The Labute approximate surface area is 127 Å². The molecule has 0 unspecified atom stereocenters. The fraction of sp³-hybridized carbons (Fsp3) is 0.250. The largest absolute Gasteiger partial charge is 0.550 e. The summed E-state index contributed by atoms with van der Waals surface area (Å²) in [6, 6.07) is 11.8. The molecule has 1 heterocycles. The van der Waals surface area contributed by atoms with Crippen molar-refractivity contribution in [3.63, 3.8) is 0 Å². The Bertz CT molecular complexity index is 594. The number of esters is 1. The number of benzene rings is 1.